The SMILES string of the molecule is CCN1CCN(C(=O)NCc2cc(C(F)(F)F)nn2-c2cccc(Cl)c2)CC1. The average molecular weight is 416 g/mol. The van der Waals surface area contributed by atoms with Gasteiger partial charge in [-0.2, -0.15) is 18.3 Å². The molecule has 1 aliphatic heterocycles. The number of benzene rings is 1. The Morgan fingerprint density at radius 1 is 1.21 bits per heavy atom. The van der Waals surface area contributed by atoms with Crippen LogP contribution in [-0.4, -0.2) is 58.3 Å². The number of amides is 2. The molecular weight excluding hydrogens is 395 g/mol. The highest BCUT2D eigenvalue weighted by atomic mass is 35.5. The molecule has 1 saturated heterocycles. The van der Waals surface area contributed by atoms with Crippen molar-refractivity contribution in [3.63, 3.8) is 0 Å². The Morgan fingerprint density at radius 2 is 1.93 bits per heavy atom. The molecule has 2 amide bonds. The van der Waals surface area contributed by atoms with Crippen molar-refractivity contribution in [1.29, 1.82) is 0 Å². The predicted octanol–water partition coefficient (Wildman–Crippen LogP) is 3.39. The molecule has 152 valence electrons. The van der Waals surface area contributed by atoms with Crippen LogP contribution in [-0.2, 0) is 12.7 Å². The molecule has 0 atom stereocenters. The van der Waals surface area contributed by atoms with Crippen molar-refractivity contribution in [3.05, 3.63) is 46.7 Å². The van der Waals surface area contributed by atoms with E-state index in [0.29, 0.717) is 23.8 Å². The van der Waals surface area contributed by atoms with Crippen molar-refractivity contribution in [2.24, 2.45) is 0 Å². The van der Waals surface area contributed by atoms with Crippen LogP contribution in [0.1, 0.15) is 18.3 Å². The van der Waals surface area contributed by atoms with Gasteiger partial charge in [-0.25, -0.2) is 9.48 Å². The summed E-state index contributed by atoms with van der Waals surface area (Å²) in [5.74, 6) is 0. The minimum Gasteiger partial charge on any atom is -0.332 e. The second-order valence-corrected chi connectivity index (χ2v) is 6.93. The smallest absolute Gasteiger partial charge is 0.332 e. The van der Waals surface area contributed by atoms with Gasteiger partial charge in [0, 0.05) is 31.2 Å². The number of halogens is 4. The number of likely N-dealkylation sites (N-methyl/N-ethyl adjacent to an activating group) is 1. The minimum absolute atomic E-state index is 0.0809. The number of rotatable bonds is 4. The molecule has 0 radical (unpaired) electrons. The Kier molecular flexibility index (Phi) is 6.14. The first-order chi connectivity index (χ1) is 13.3. The van der Waals surface area contributed by atoms with Crippen molar-refractivity contribution in [1.82, 2.24) is 24.9 Å². The maximum absolute atomic E-state index is 13.1. The number of hydrogen-bond donors (Lipinski definition) is 1. The number of urea groups is 1. The lowest BCUT2D eigenvalue weighted by Crippen LogP contribution is -2.51. The summed E-state index contributed by atoms with van der Waals surface area (Å²) < 4.78 is 40.6. The minimum atomic E-state index is -4.58. The Morgan fingerprint density at radius 3 is 2.54 bits per heavy atom. The Bertz CT molecular complexity index is 831. The van der Waals surface area contributed by atoms with Crippen LogP contribution in [0.25, 0.3) is 5.69 Å². The van der Waals surface area contributed by atoms with E-state index in [1.807, 2.05) is 0 Å². The van der Waals surface area contributed by atoms with Gasteiger partial charge in [-0.15, -0.1) is 0 Å². The molecular formula is C18H21ClF3N5O. The molecule has 1 fully saturated rings. The Hall–Kier alpha value is -2.26. The first-order valence-electron chi connectivity index (χ1n) is 8.95. The molecule has 1 aliphatic rings. The zero-order chi connectivity index (χ0) is 20.3. The topological polar surface area (TPSA) is 53.4 Å². The van der Waals surface area contributed by atoms with E-state index in [2.05, 4.69) is 22.2 Å². The van der Waals surface area contributed by atoms with Gasteiger partial charge in [0.25, 0.3) is 0 Å². The van der Waals surface area contributed by atoms with Gasteiger partial charge in [0.1, 0.15) is 0 Å². The third-order valence-corrected chi connectivity index (χ3v) is 4.89. The fourth-order valence-corrected chi connectivity index (χ4v) is 3.25. The highest BCUT2D eigenvalue weighted by Gasteiger charge is 2.35. The number of hydrogen-bond acceptors (Lipinski definition) is 3. The molecule has 3 rings (SSSR count). The molecule has 0 saturated carbocycles. The number of aromatic nitrogens is 2. The lowest BCUT2D eigenvalue weighted by Gasteiger charge is -2.34. The van der Waals surface area contributed by atoms with Gasteiger partial charge in [0.05, 0.1) is 17.9 Å². The van der Waals surface area contributed by atoms with Crippen LogP contribution in [0.4, 0.5) is 18.0 Å². The van der Waals surface area contributed by atoms with Gasteiger partial charge >= 0.3 is 12.2 Å². The third-order valence-electron chi connectivity index (χ3n) is 4.65. The van der Waals surface area contributed by atoms with E-state index in [9.17, 15) is 18.0 Å². The van der Waals surface area contributed by atoms with E-state index in [1.54, 1.807) is 23.1 Å². The van der Waals surface area contributed by atoms with E-state index in [4.69, 9.17) is 11.6 Å². The van der Waals surface area contributed by atoms with Crippen molar-refractivity contribution in [3.8, 4) is 5.69 Å². The molecule has 1 aromatic carbocycles. The van der Waals surface area contributed by atoms with Crippen LogP contribution >= 0.6 is 11.6 Å². The molecule has 0 aliphatic carbocycles. The zero-order valence-electron chi connectivity index (χ0n) is 15.3. The monoisotopic (exact) mass is 415 g/mol. The maximum atomic E-state index is 13.1. The highest BCUT2D eigenvalue weighted by Crippen LogP contribution is 2.30. The van der Waals surface area contributed by atoms with Gasteiger partial charge in [0.15, 0.2) is 5.69 Å². The second-order valence-electron chi connectivity index (χ2n) is 6.49. The summed E-state index contributed by atoms with van der Waals surface area (Å²) in [6, 6.07) is 7.01. The zero-order valence-corrected chi connectivity index (χ0v) is 16.1. The van der Waals surface area contributed by atoms with Crippen molar-refractivity contribution in [2.45, 2.75) is 19.6 Å². The van der Waals surface area contributed by atoms with E-state index < -0.39 is 11.9 Å². The molecule has 6 nitrogen and oxygen atoms in total. The van der Waals surface area contributed by atoms with Crippen LogP contribution in [0.15, 0.2) is 30.3 Å². The summed E-state index contributed by atoms with van der Waals surface area (Å²) in [7, 11) is 0. The van der Waals surface area contributed by atoms with Gasteiger partial charge in [0.2, 0.25) is 0 Å². The molecule has 2 aromatic rings. The summed E-state index contributed by atoms with van der Waals surface area (Å²) in [5.41, 5.74) is -0.410. The molecule has 1 N–H and O–H groups in total. The van der Waals surface area contributed by atoms with E-state index in [1.165, 1.54) is 6.07 Å². The van der Waals surface area contributed by atoms with Crippen molar-refractivity contribution >= 4 is 17.6 Å². The number of carbonyl (C=O) groups is 1. The fourth-order valence-electron chi connectivity index (χ4n) is 3.06. The van der Waals surface area contributed by atoms with Crippen LogP contribution in [0.2, 0.25) is 5.02 Å². The number of piperazine rings is 1. The van der Waals surface area contributed by atoms with Gasteiger partial charge in [-0.3, -0.25) is 0 Å². The lowest BCUT2D eigenvalue weighted by atomic mass is 10.3. The van der Waals surface area contributed by atoms with Crippen LogP contribution in [0, 0.1) is 0 Å². The molecule has 0 unspecified atom stereocenters. The standard InChI is InChI=1S/C18H21ClF3N5O/c1-2-25-6-8-26(9-7-25)17(28)23-12-15-11-16(18(20,21)22)24-27(15)14-5-3-4-13(19)10-14/h3-5,10-11H,2,6-9,12H2,1H3,(H,23,28). The molecule has 2 heterocycles. The average Bonchev–Trinajstić information content (AvgIpc) is 3.11. The molecule has 10 heteroatoms. The normalized spacial score (nSPS) is 15.7. The molecule has 1 aromatic heterocycles. The van der Waals surface area contributed by atoms with Crippen LogP contribution in [0.5, 0.6) is 0 Å². The first kappa shape index (κ1) is 20.5. The summed E-state index contributed by atoms with van der Waals surface area (Å²) in [4.78, 5) is 16.3. The van der Waals surface area contributed by atoms with E-state index in [-0.39, 0.29) is 18.3 Å². The number of carbonyl (C=O) groups excluding carboxylic acids is 1. The quantitative estimate of drug-likeness (QED) is 0.832. The van der Waals surface area contributed by atoms with Crippen LogP contribution < -0.4 is 5.32 Å². The fraction of sp³-hybridized carbons (Fsp3) is 0.444. The maximum Gasteiger partial charge on any atom is 0.435 e. The van der Waals surface area contributed by atoms with Gasteiger partial charge < -0.3 is 15.1 Å². The van der Waals surface area contributed by atoms with Crippen molar-refractivity contribution < 1.29 is 18.0 Å². The largest absolute Gasteiger partial charge is 0.435 e. The summed E-state index contributed by atoms with van der Waals surface area (Å²) in [5, 5.41) is 6.74. The third kappa shape index (κ3) is 4.77. The highest BCUT2D eigenvalue weighted by molar-refractivity contribution is 6.30. The van der Waals surface area contributed by atoms with E-state index in [0.717, 1.165) is 30.4 Å². The summed E-state index contributed by atoms with van der Waals surface area (Å²) in [6.07, 6.45) is -4.58. The molecule has 28 heavy (non-hydrogen) atoms. The van der Waals surface area contributed by atoms with Gasteiger partial charge in [-0.1, -0.05) is 24.6 Å². The summed E-state index contributed by atoms with van der Waals surface area (Å²) in [6.45, 7) is 5.63. The Labute approximate surface area is 165 Å². The second kappa shape index (κ2) is 8.40. The summed E-state index contributed by atoms with van der Waals surface area (Å²) >= 11 is 5.95. The van der Waals surface area contributed by atoms with Gasteiger partial charge in [-0.05, 0) is 30.8 Å². The first-order valence-corrected chi connectivity index (χ1v) is 9.33. The van der Waals surface area contributed by atoms with Crippen LogP contribution in [0.3, 0.4) is 0 Å². The predicted molar refractivity (Wildman–Crippen MR) is 99.5 cm³/mol. The molecule has 0 bridgehead atoms. The van der Waals surface area contributed by atoms with E-state index >= 15 is 0 Å². The number of nitrogens with zero attached hydrogens (tertiary/aromatic N) is 4. The van der Waals surface area contributed by atoms with Crippen molar-refractivity contribution in [2.75, 3.05) is 32.7 Å². The Balaban J connectivity index is 1.75. The number of nitrogens with one attached hydrogen (secondary N) is 1. The molecule has 0 spiro atoms. The number of alkyl halides is 3. The lowest BCUT2D eigenvalue weighted by molar-refractivity contribution is -0.141.